The molecule has 0 spiro atoms. The topological polar surface area (TPSA) is 70.6 Å². The smallest absolute Gasteiger partial charge is 0.252 e. The monoisotopic (exact) mass is 449 g/mol. The summed E-state index contributed by atoms with van der Waals surface area (Å²) in [6.45, 7) is 3.49. The largest absolute Gasteiger partial charge is 0.340 e. The molecule has 4 rings (SSSR count). The van der Waals surface area contributed by atoms with Crippen LogP contribution in [0.3, 0.4) is 0 Å². The van der Waals surface area contributed by atoms with Gasteiger partial charge in [-0.2, -0.15) is 4.31 Å². The number of para-hydroxylation sites is 1. The molecule has 29 heavy (non-hydrogen) atoms. The third kappa shape index (κ3) is 4.53. The Bertz CT molecular complexity index is 1080. The lowest BCUT2D eigenvalue weighted by atomic mass is 10.2. The quantitative estimate of drug-likeness (QED) is 0.577. The number of aromatic nitrogens is 1. The Morgan fingerprint density at radius 3 is 2.52 bits per heavy atom. The van der Waals surface area contributed by atoms with Crippen LogP contribution in [0.2, 0.25) is 0 Å². The molecule has 154 valence electrons. The molecule has 2 aromatic heterocycles. The number of carbonyl (C=O) groups is 1. The maximum absolute atomic E-state index is 12.7. The van der Waals surface area contributed by atoms with Crippen molar-refractivity contribution in [1.29, 1.82) is 0 Å². The van der Waals surface area contributed by atoms with E-state index < -0.39 is 10.0 Å². The third-order valence-corrected chi connectivity index (χ3v) is 9.48. The van der Waals surface area contributed by atoms with E-state index in [0.29, 0.717) is 36.8 Å². The molecule has 0 radical (unpaired) electrons. The average molecular weight is 450 g/mol. The fourth-order valence-corrected chi connectivity index (χ4v) is 7.30. The Kier molecular flexibility index (Phi) is 6.00. The van der Waals surface area contributed by atoms with Gasteiger partial charge in [0.25, 0.3) is 10.0 Å². The number of amides is 1. The number of hydrogen-bond acceptors (Lipinski definition) is 6. The van der Waals surface area contributed by atoms with Gasteiger partial charge in [0.05, 0.1) is 15.2 Å². The van der Waals surface area contributed by atoms with E-state index in [1.165, 1.54) is 20.3 Å². The zero-order chi connectivity index (χ0) is 20.4. The summed E-state index contributed by atoms with van der Waals surface area (Å²) in [6.07, 6.45) is 2.01. The van der Waals surface area contributed by atoms with Gasteiger partial charge < -0.3 is 4.90 Å². The van der Waals surface area contributed by atoms with Gasteiger partial charge in [-0.15, -0.1) is 22.7 Å². The van der Waals surface area contributed by atoms with E-state index in [1.54, 1.807) is 22.3 Å². The lowest BCUT2D eigenvalue weighted by molar-refractivity contribution is -0.132. The first kappa shape index (κ1) is 20.5. The molecule has 0 unspecified atom stereocenters. The maximum atomic E-state index is 12.7. The van der Waals surface area contributed by atoms with Crippen molar-refractivity contribution < 1.29 is 13.2 Å². The number of aryl methyl sites for hydroxylation is 2. The van der Waals surface area contributed by atoms with Crippen LogP contribution in [0.5, 0.6) is 0 Å². The second-order valence-corrected chi connectivity index (χ2v) is 11.6. The summed E-state index contributed by atoms with van der Waals surface area (Å²) in [4.78, 5) is 19.9. The van der Waals surface area contributed by atoms with Gasteiger partial charge in [0.15, 0.2) is 0 Å². The van der Waals surface area contributed by atoms with E-state index in [2.05, 4.69) is 11.1 Å². The van der Waals surface area contributed by atoms with Crippen molar-refractivity contribution in [1.82, 2.24) is 14.2 Å². The lowest BCUT2D eigenvalue weighted by Gasteiger charge is -2.33. The van der Waals surface area contributed by atoms with Gasteiger partial charge in [-0.05, 0) is 44.0 Å². The van der Waals surface area contributed by atoms with Crippen LogP contribution in [0.25, 0.3) is 10.2 Å². The predicted molar refractivity (Wildman–Crippen MR) is 117 cm³/mol. The second-order valence-electron chi connectivity index (χ2n) is 7.08. The van der Waals surface area contributed by atoms with E-state index in [0.717, 1.165) is 28.2 Å². The van der Waals surface area contributed by atoms with Crippen molar-refractivity contribution in [3.63, 3.8) is 0 Å². The van der Waals surface area contributed by atoms with E-state index >= 15 is 0 Å². The molecular formula is C20H23N3O3S3. The molecule has 0 atom stereocenters. The van der Waals surface area contributed by atoms with Crippen molar-refractivity contribution >= 4 is 48.8 Å². The first-order chi connectivity index (χ1) is 13.9. The Labute approximate surface area is 178 Å². The zero-order valence-electron chi connectivity index (χ0n) is 16.2. The first-order valence-electron chi connectivity index (χ1n) is 9.62. The van der Waals surface area contributed by atoms with E-state index in [4.69, 9.17) is 0 Å². The summed E-state index contributed by atoms with van der Waals surface area (Å²) in [5.74, 6) is 0.0927. The minimum atomic E-state index is -3.45. The van der Waals surface area contributed by atoms with Crippen molar-refractivity contribution in [2.24, 2.45) is 0 Å². The maximum Gasteiger partial charge on any atom is 0.252 e. The fourth-order valence-electron chi connectivity index (χ4n) is 3.43. The van der Waals surface area contributed by atoms with Gasteiger partial charge >= 0.3 is 0 Å². The number of sulfonamides is 1. The Balaban J connectivity index is 1.26. The van der Waals surface area contributed by atoms with Crippen LogP contribution in [0.15, 0.2) is 40.6 Å². The number of hydrogen-bond donors (Lipinski definition) is 0. The number of piperazine rings is 1. The first-order valence-corrected chi connectivity index (χ1v) is 12.7. The van der Waals surface area contributed by atoms with E-state index in [-0.39, 0.29) is 5.91 Å². The van der Waals surface area contributed by atoms with E-state index in [9.17, 15) is 13.2 Å². The van der Waals surface area contributed by atoms with Crippen molar-refractivity contribution in [3.05, 3.63) is 46.3 Å². The molecule has 1 amide bonds. The molecule has 0 aliphatic carbocycles. The molecule has 1 aliphatic rings. The Morgan fingerprint density at radius 2 is 1.83 bits per heavy atom. The molecule has 1 saturated heterocycles. The SMILES string of the molecule is Cc1ccc(S(=O)(=O)N2CCN(C(=O)CCCc3nc4ccccc4s3)CC2)s1. The minimum absolute atomic E-state index is 0.0927. The molecule has 1 aromatic carbocycles. The van der Waals surface area contributed by atoms with Crippen molar-refractivity contribution in [2.75, 3.05) is 26.2 Å². The molecule has 0 bridgehead atoms. The van der Waals surface area contributed by atoms with Crippen LogP contribution in [0, 0.1) is 6.92 Å². The summed E-state index contributed by atoms with van der Waals surface area (Å²) in [7, 11) is -3.45. The number of benzene rings is 1. The summed E-state index contributed by atoms with van der Waals surface area (Å²) < 4.78 is 28.5. The normalized spacial score (nSPS) is 15.8. The summed E-state index contributed by atoms with van der Waals surface area (Å²) in [6, 6.07) is 11.5. The lowest BCUT2D eigenvalue weighted by Crippen LogP contribution is -2.50. The van der Waals surface area contributed by atoms with Crippen LogP contribution in [-0.2, 0) is 21.2 Å². The molecule has 9 heteroatoms. The number of rotatable bonds is 6. The number of fused-ring (bicyclic) bond motifs is 1. The fraction of sp³-hybridized carbons (Fsp3) is 0.400. The molecule has 6 nitrogen and oxygen atoms in total. The van der Waals surface area contributed by atoms with Gasteiger partial charge in [-0.1, -0.05) is 12.1 Å². The Hall–Kier alpha value is -1.81. The van der Waals surface area contributed by atoms with Gasteiger partial charge in [-0.25, -0.2) is 13.4 Å². The highest BCUT2D eigenvalue weighted by molar-refractivity contribution is 7.91. The minimum Gasteiger partial charge on any atom is -0.340 e. The molecule has 1 aliphatic heterocycles. The van der Waals surface area contributed by atoms with Gasteiger partial charge in [0.2, 0.25) is 5.91 Å². The summed E-state index contributed by atoms with van der Waals surface area (Å²) in [5, 5.41) is 1.06. The summed E-state index contributed by atoms with van der Waals surface area (Å²) >= 11 is 2.97. The highest BCUT2D eigenvalue weighted by atomic mass is 32.2. The van der Waals surface area contributed by atoms with Gasteiger partial charge in [-0.3, -0.25) is 4.79 Å². The van der Waals surface area contributed by atoms with Gasteiger partial charge in [0.1, 0.15) is 4.21 Å². The van der Waals surface area contributed by atoms with Crippen molar-refractivity contribution in [3.8, 4) is 0 Å². The molecule has 3 heterocycles. The molecule has 3 aromatic rings. The third-order valence-electron chi connectivity index (χ3n) is 5.02. The molecular weight excluding hydrogens is 426 g/mol. The van der Waals surface area contributed by atoms with E-state index in [1.807, 2.05) is 31.2 Å². The van der Waals surface area contributed by atoms with Crippen LogP contribution in [0.1, 0.15) is 22.7 Å². The number of thiophene rings is 1. The van der Waals surface area contributed by atoms with Crippen LogP contribution in [0.4, 0.5) is 0 Å². The average Bonchev–Trinajstić information content (AvgIpc) is 3.34. The number of thiazole rings is 1. The molecule has 0 saturated carbocycles. The summed E-state index contributed by atoms with van der Waals surface area (Å²) in [5.41, 5.74) is 1.01. The number of carbonyl (C=O) groups excluding carboxylic acids is 1. The molecule has 0 N–H and O–H groups in total. The van der Waals surface area contributed by atoms with Crippen LogP contribution >= 0.6 is 22.7 Å². The predicted octanol–water partition coefficient (Wildman–Crippen LogP) is 3.52. The highest BCUT2D eigenvalue weighted by Gasteiger charge is 2.30. The molecule has 1 fully saturated rings. The van der Waals surface area contributed by atoms with Crippen LogP contribution < -0.4 is 0 Å². The van der Waals surface area contributed by atoms with Crippen molar-refractivity contribution in [2.45, 2.75) is 30.4 Å². The van der Waals surface area contributed by atoms with Gasteiger partial charge in [0, 0.05) is 37.5 Å². The van der Waals surface area contributed by atoms with Crippen LogP contribution in [-0.4, -0.2) is 54.7 Å². The highest BCUT2D eigenvalue weighted by Crippen LogP contribution is 2.26. The second kappa shape index (κ2) is 8.51. The Morgan fingerprint density at radius 1 is 1.07 bits per heavy atom. The zero-order valence-corrected chi connectivity index (χ0v) is 18.7. The standard InChI is InChI=1S/C20H23N3O3S3/c1-15-9-10-20(27-15)29(25,26)23-13-11-22(12-14-23)19(24)8-4-7-18-21-16-5-2-3-6-17(16)28-18/h2-3,5-6,9-10H,4,7-8,11-14H2,1H3. The number of nitrogens with zero attached hydrogens (tertiary/aromatic N) is 3.